The van der Waals surface area contributed by atoms with E-state index < -0.39 is 0 Å². The summed E-state index contributed by atoms with van der Waals surface area (Å²) >= 11 is 0. The molecule has 0 radical (unpaired) electrons. The van der Waals surface area contributed by atoms with Crippen LogP contribution in [0.3, 0.4) is 0 Å². The van der Waals surface area contributed by atoms with E-state index in [2.05, 4.69) is 56.9 Å². The summed E-state index contributed by atoms with van der Waals surface area (Å²) in [7, 11) is 6.51. The van der Waals surface area contributed by atoms with Crippen molar-refractivity contribution in [3.63, 3.8) is 0 Å². The fraction of sp³-hybridized carbons (Fsp3) is 0.318. The van der Waals surface area contributed by atoms with Crippen LogP contribution in [0.2, 0.25) is 0 Å². The van der Waals surface area contributed by atoms with E-state index in [1.807, 2.05) is 12.1 Å². The first kappa shape index (κ1) is 23.7. The molecule has 0 unspecified atom stereocenters. The molecule has 8 heteroatoms. The van der Waals surface area contributed by atoms with Crippen molar-refractivity contribution in [1.29, 1.82) is 0 Å². The van der Waals surface area contributed by atoms with Gasteiger partial charge in [0.05, 0.1) is 21.3 Å². The van der Waals surface area contributed by atoms with Gasteiger partial charge in [-0.1, -0.05) is 24.3 Å². The highest BCUT2D eigenvalue weighted by atomic mass is 127. The Balaban J connectivity index is 0.00000320. The first-order valence-electron chi connectivity index (χ1n) is 9.45. The van der Waals surface area contributed by atoms with E-state index in [1.54, 1.807) is 28.4 Å². The van der Waals surface area contributed by atoms with Gasteiger partial charge in [0.2, 0.25) is 5.75 Å². The molecule has 2 aromatic rings. The number of halogens is 1. The summed E-state index contributed by atoms with van der Waals surface area (Å²) in [5, 5.41) is 6.62. The summed E-state index contributed by atoms with van der Waals surface area (Å²) in [5.41, 5.74) is 3.19. The van der Waals surface area contributed by atoms with E-state index in [4.69, 9.17) is 14.2 Å². The van der Waals surface area contributed by atoms with Crippen LogP contribution in [0.25, 0.3) is 0 Å². The Bertz CT molecular complexity index is 869. The third-order valence-electron chi connectivity index (χ3n) is 4.71. The van der Waals surface area contributed by atoms with Crippen LogP contribution in [0.4, 0.5) is 11.4 Å². The van der Waals surface area contributed by atoms with Crippen molar-refractivity contribution in [2.75, 3.05) is 51.7 Å². The third-order valence-corrected chi connectivity index (χ3v) is 4.71. The maximum Gasteiger partial charge on any atom is 0.203 e. The lowest BCUT2D eigenvalue weighted by Crippen LogP contribution is -2.30. The molecule has 1 aliphatic heterocycles. The van der Waals surface area contributed by atoms with Gasteiger partial charge in [0.15, 0.2) is 17.5 Å². The number of aliphatic imine (C=N–C) groups is 1. The molecule has 0 amide bonds. The zero-order valence-corrected chi connectivity index (χ0v) is 20.1. The SMILES string of the molecule is CN=C(NCc1cccc(N2CC=CC2)c1)Nc1cc(OC)c(OC)c(OC)c1.I. The molecule has 2 aromatic carbocycles. The van der Waals surface area contributed by atoms with Crippen LogP contribution in [0.1, 0.15) is 5.56 Å². The summed E-state index contributed by atoms with van der Waals surface area (Å²) in [4.78, 5) is 6.64. The van der Waals surface area contributed by atoms with E-state index >= 15 is 0 Å². The standard InChI is InChI=1S/C22H28N4O3.HI/c1-23-22(25-17-13-19(27-2)21(29-4)20(14-17)28-3)24-15-16-8-7-9-18(12-16)26-10-5-6-11-26;/h5-9,12-14H,10-11,15H2,1-4H3,(H2,23,24,25);1H. The number of nitrogens with zero attached hydrogens (tertiary/aromatic N) is 2. The Morgan fingerprint density at radius 2 is 1.67 bits per heavy atom. The Morgan fingerprint density at radius 1 is 1.00 bits per heavy atom. The van der Waals surface area contributed by atoms with E-state index in [0.29, 0.717) is 29.8 Å². The smallest absolute Gasteiger partial charge is 0.203 e. The van der Waals surface area contributed by atoms with Gasteiger partial charge in [0.25, 0.3) is 0 Å². The van der Waals surface area contributed by atoms with Gasteiger partial charge in [-0.3, -0.25) is 4.99 Å². The molecular formula is C22H29IN4O3. The molecule has 30 heavy (non-hydrogen) atoms. The largest absolute Gasteiger partial charge is 0.493 e. The number of hydrogen-bond donors (Lipinski definition) is 2. The molecule has 0 aliphatic carbocycles. The summed E-state index contributed by atoms with van der Waals surface area (Å²) in [6, 6.07) is 12.2. The van der Waals surface area contributed by atoms with Crippen LogP contribution in [-0.4, -0.2) is 47.4 Å². The Labute approximate surface area is 195 Å². The van der Waals surface area contributed by atoms with Gasteiger partial charge in [-0.25, -0.2) is 0 Å². The maximum atomic E-state index is 5.41. The van der Waals surface area contributed by atoms with Crippen LogP contribution < -0.4 is 29.7 Å². The lowest BCUT2D eigenvalue weighted by Gasteiger charge is -2.19. The quantitative estimate of drug-likeness (QED) is 0.248. The number of hydrogen-bond acceptors (Lipinski definition) is 5. The van der Waals surface area contributed by atoms with Crippen LogP contribution in [0.15, 0.2) is 53.5 Å². The zero-order chi connectivity index (χ0) is 20.6. The van der Waals surface area contributed by atoms with Crippen molar-refractivity contribution in [3.05, 3.63) is 54.1 Å². The molecule has 3 rings (SSSR count). The average Bonchev–Trinajstić information content (AvgIpc) is 3.31. The minimum Gasteiger partial charge on any atom is -0.493 e. The minimum atomic E-state index is 0. The topological polar surface area (TPSA) is 67.4 Å². The fourth-order valence-corrected chi connectivity index (χ4v) is 3.21. The molecule has 0 saturated carbocycles. The van der Waals surface area contributed by atoms with Crippen molar-refractivity contribution in [3.8, 4) is 17.2 Å². The average molecular weight is 524 g/mol. The van der Waals surface area contributed by atoms with Crippen molar-refractivity contribution < 1.29 is 14.2 Å². The van der Waals surface area contributed by atoms with Gasteiger partial charge >= 0.3 is 0 Å². The first-order valence-corrected chi connectivity index (χ1v) is 9.45. The molecule has 0 bridgehead atoms. The number of benzene rings is 2. The highest BCUT2D eigenvalue weighted by Gasteiger charge is 2.14. The summed E-state index contributed by atoms with van der Waals surface area (Å²) < 4.78 is 16.2. The Hall–Kier alpha value is -2.62. The Kier molecular flexibility index (Phi) is 9.10. The minimum absolute atomic E-state index is 0. The van der Waals surface area contributed by atoms with Crippen LogP contribution in [0.5, 0.6) is 17.2 Å². The summed E-state index contributed by atoms with van der Waals surface area (Å²) in [5.74, 6) is 2.36. The maximum absolute atomic E-state index is 5.41. The van der Waals surface area contributed by atoms with Gasteiger partial charge in [0, 0.05) is 50.2 Å². The van der Waals surface area contributed by atoms with Crippen LogP contribution in [0, 0.1) is 0 Å². The van der Waals surface area contributed by atoms with Gasteiger partial charge in [-0.2, -0.15) is 0 Å². The fourth-order valence-electron chi connectivity index (χ4n) is 3.21. The molecule has 0 fully saturated rings. The van der Waals surface area contributed by atoms with E-state index in [9.17, 15) is 0 Å². The van der Waals surface area contributed by atoms with Gasteiger partial charge in [0.1, 0.15) is 0 Å². The number of methoxy groups -OCH3 is 3. The highest BCUT2D eigenvalue weighted by molar-refractivity contribution is 14.0. The van der Waals surface area contributed by atoms with Crippen molar-refractivity contribution >= 4 is 41.3 Å². The number of anilines is 2. The number of guanidine groups is 1. The third kappa shape index (κ3) is 5.71. The van der Waals surface area contributed by atoms with E-state index in [-0.39, 0.29) is 24.0 Å². The van der Waals surface area contributed by atoms with Gasteiger partial charge in [-0.05, 0) is 17.7 Å². The molecule has 2 N–H and O–H groups in total. The van der Waals surface area contributed by atoms with E-state index in [1.165, 1.54) is 11.3 Å². The van der Waals surface area contributed by atoms with Crippen LogP contribution in [-0.2, 0) is 6.54 Å². The van der Waals surface area contributed by atoms with Gasteiger partial charge < -0.3 is 29.7 Å². The molecule has 1 aliphatic rings. The zero-order valence-electron chi connectivity index (χ0n) is 17.8. The van der Waals surface area contributed by atoms with Crippen molar-refractivity contribution in [2.24, 2.45) is 4.99 Å². The summed E-state index contributed by atoms with van der Waals surface area (Å²) in [6.45, 7) is 2.57. The monoisotopic (exact) mass is 524 g/mol. The second-order valence-electron chi connectivity index (χ2n) is 6.51. The first-order chi connectivity index (χ1) is 14.2. The molecule has 0 spiro atoms. The molecule has 0 atom stereocenters. The highest BCUT2D eigenvalue weighted by Crippen LogP contribution is 2.39. The molecule has 162 valence electrons. The lowest BCUT2D eigenvalue weighted by molar-refractivity contribution is 0.324. The number of rotatable bonds is 7. The second kappa shape index (κ2) is 11.5. The molecule has 1 heterocycles. The Morgan fingerprint density at radius 3 is 2.23 bits per heavy atom. The van der Waals surface area contributed by atoms with Crippen molar-refractivity contribution in [2.45, 2.75) is 6.54 Å². The second-order valence-corrected chi connectivity index (χ2v) is 6.51. The molecular weight excluding hydrogens is 495 g/mol. The normalized spacial score (nSPS) is 12.9. The lowest BCUT2D eigenvalue weighted by atomic mass is 10.2. The summed E-state index contributed by atoms with van der Waals surface area (Å²) in [6.07, 6.45) is 4.38. The number of nitrogens with one attached hydrogen (secondary N) is 2. The van der Waals surface area contributed by atoms with E-state index in [0.717, 1.165) is 18.8 Å². The van der Waals surface area contributed by atoms with Gasteiger partial charge in [-0.15, -0.1) is 24.0 Å². The molecule has 0 saturated heterocycles. The molecule has 7 nitrogen and oxygen atoms in total. The number of ether oxygens (including phenoxy) is 3. The predicted molar refractivity (Wildman–Crippen MR) is 133 cm³/mol. The molecule has 0 aromatic heterocycles. The predicted octanol–water partition coefficient (Wildman–Crippen LogP) is 3.89. The van der Waals surface area contributed by atoms with Crippen molar-refractivity contribution in [1.82, 2.24) is 5.32 Å². The van der Waals surface area contributed by atoms with Crippen LogP contribution >= 0.6 is 24.0 Å².